The number of nitrogens with zero attached hydrogens (tertiary/aromatic N) is 2. The molecule has 0 atom stereocenters. The van der Waals surface area contributed by atoms with Crippen molar-refractivity contribution < 1.29 is 4.39 Å². The van der Waals surface area contributed by atoms with Gasteiger partial charge < -0.3 is 4.98 Å². The lowest BCUT2D eigenvalue weighted by molar-refractivity contribution is 0.388. The van der Waals surface area contributed by atoms with Crippen molar-refractivity contribution in [2.24, 2.45) is 0 Å². The Kier molecular flexibility index (Phi) is 3.93. The van der Waals surface area contributed by atoms with Gasteiger partial charge in [-0.25, -0.2) is 9.37 Å². The molecule has 2 heterocycles. The van der Waals surface area contributed by atoms with Gasteiger partial charge >= 0.3 is 0 Å². The van der Waals surface area contributed by atoms with Gasteiger partial charge in [0.25, 0.3) is 0 Å². The van der Waals surface area contributed by atoms with E-state index < -0.39 is 0 Å². The Morgan fingerprint density at radius 1 is 0.793 bits per heavy atom. The summed E-state index contributed by atoms with van der Waals surface area (Å²) in [7, 11) is 0. The number of aromatic amines is 1. The number of pyridine rings is 1. The van der Waals surface area contributed by atoms with Crippen LogP contribution in [0.2, 0.25) is 0 Å². The summed E-state index contributed by atoms with van der Waals surface area (Å²) in [5, 5.41) is 0.965. The van der Waals surface area contributed by atoms with Gasteiger partial charge in [-0.2, -0.15) is 0 Å². The molecule has 2 aromatic carbocycles. The number of H-pyrrole nitrogens is 1. The van der Waals surface area contributed by atoms with Crippen molar-refractivity contribution in [3.05, 3.63) is 71.4 Å². The first-order valence-electron chi connectivity index (χ1n) is 10.8. The highest BCUT2D eigenvalue weighted by Gasteiger charge is 2.27. The summed E-state index contributed by atoms with van der Waals surface area (Å²) in [6.07, 6.45) is 8.92. The minimum absolute atomic E-state index is 0.187. The zero-order chi connectivity index (χ0) is 19.4. The maximum Gasteiger partial charge on any atom is 0.123 e. The topological polar surface area (TPSA) is 41.6 Å². The molecule has 0 radical (unpaired) electrons. The molecule has 4 heteroatoms. The third-order valence-corrected chi connectivity index (χ3v) is 6.87. The number of hydrogen-bond acceptors (Lipinski definition) is 2. The van der Waals surface area contributed by atoms with Gasteiger partial charge in [0.2, 0.25) is 0 Å². The van der Waals surface area contributed by atoms with E-state index in [1.54, 1.807) is 12.1 Å². The van der Waals surface area contributed by atoms with Crippen LogP contribution >= 0.6 is 0 Å². The fourth-order valence-corrected chi connectivity index (χ4v) is 5.08. The summed E-state index contributed by atoms with van der Waals surface area (Å²) in [5.41, 5.74) is 5.83. The number of aromatic nitrogens is 3. The van der Waals surface area contributed by atoms with Crippen LogP contribution in [0.4, 0.5) is 4.39 Å². The van der Waals surface area contributed by atoms with Crippen LogP contribution < -0.4 is 0 Å². The predicted octanol–water partition coefficient (Wildman–Crippen LogP) is 6.57. The molecule has 0 saturated heterocycles. The van der Waals surface area contributed by atoms with Crippen LogP contribution in [0.25, 0.3) is 21.9 Å². The van der Waals surface area contributed by atoms with E-state index in [1.165, 1.54) is 30.0 Å². The largest absolute Gasteiger partial charge is 0.342 e. The van der Waals surface area contributed by atoms with Crippen LogP contribution in [0.3, 0.4) is 0 Å². The standard InChI is InChI=1S/C25H24FN3/c26-19-8-10-22-21(14-19)20(11-12-27-22)16-3-5-17(6-4-16)25-28-23-9-7-18(15-1-2-15)13-24(23)29-25/h7-17H,1-6H2,(H,28,29)/t16-,17+. The first-order valence-corrected chi connectivity index (χ1v) is 10.8. The summed E-state index contributed by atoms with van der Waals surface area (Å²) < 4.78 is 13.8. The van der Waals surface area contributed by atoms with Crippen molar-refractivity contribution in [1.82, 2.24) is 15.0 Å². The molecule has 2 saturated carbocycles. The average molecular weight is 385 g/mol. The highest BCUT2D eigenvalue weighted by Crippen LogP contribution is 2.43. The monoisotopic (exact) mass is 385 g/mol. The zero-order valence-electron chi connectivity index (χ0n) is 16.4. The Bertz CT molecular complexity index is 1200. The third-order valence-electron chi connectivity index (χ3n) is 6.87. The van der Waals surface area contributed by atoms with Gasteiger partial charge in [0.05, 0.1) is 16.6 Å². The van der Waals surface area contributed by atoms with E-state index in [-0.39, 0.29) is 5.82 Å². The van der Waals surface area contributed by atoms with Crippen molar-refractivity contribution in [2.45, 2.75) is 56.3 Å². The van der Waals surface area contributed by atoms with Crippen molar-refractivity contribution in [2.75, 3.05) is 0 Å². The van der Waals surface area contributed by atoms with Crippen LogP contribution in [-0.4, -0.2) is 15.0 Å². The number of nitrogens with one attached hydrogen (secondary N) is 1. The lowest BCUT2D eigenvalue weighted by Crippen LogP contribution is -2.13. The molecule has 4 aromatic rings. The molecular weight excluding hydrogens is 361 g/mol. The van der Waals surface area contributed by atoms with Crippen LogP contribution in [0.15, 0.2) is 48.7 Å². The van der Waals surface area contributed by atoms with E-state index in [4.69, 9.17) is 4.98 Å². The van der Waals surface area contributed by atoms with Crippen molar-refractivity contribution >= 4 is 21.9 Å². The zero-order valence-corrected chi connectivity index (χ0v) is 16.4. The Morgan fingerprint density at radius 3 is 2.41 bits per heavy atom. The molecular formula is C25H24FN3. The molecule has 0 spiro atoms. The second-order valence-corrected chi connectivity index (χ2v) is 8.78. The minimum atomic E-state index is -0.187. The maximum atomic E-state index is 13.8. The molecule has 0 unspecified atom stereocenters. The number of benzene rings is 2. The van der Waals surface area contributed by atoms with Crippen LogP contribution in [0.1, 0.15) is 73.2 Å². The average Bonchev–Trinajstić information content (AvgIpc) is 3.52. The first kappa shape index (κ1) is 17.1. The number of fused-ring (bicyclic) bond motifs is 2. The van der Waals surface area contributed by atoms with Crippen LogP contribution in [0.5, 0.6) is 0 Å². The molecule has 2 aliphatic carbocycles. The molecule has 2 fully saturated rings. The van der Waals surface area contributed by atoms with Crippen LogP contribution in [0, 0.1) is 5.82 Å². The number of hydrogen-bond donors (Lipinski definition) is 1. The summed E-state index contributed by atoms with van der Waals surface area (Å²) in [4.78, 5) is 12.9. The fourth-order valence-electron chi connectivity index (χ4n) is 5.08. The maximum absolute atomic E-state index is 13.8. The Balaban J connectivity index is 1.23. The molecule has 2 aliphatic rings. The highest BCUT2D eigenvalue weighted by atomic mass is 19.1. The number of halogens is 1. The molecule has 2 aromatic heterocycles. The molecule has 3 nitrogen and oxygen atoms in total. The van der Waals surface area contributed by atoms with E-state index in [0.717, 1.165) is 59.4 Å². The van der Waals surface area contributed by atoms with Gasteiger partial charge in [-0.1, -0.05) is 6.07 Å². The summed E-state index contributed by atoms with van der Waals surface area (Å²) >= 11 is 0. The van der Waals surface area contributed by atoms with E-state index in [1.807, 2.05) is 6.20 Å². The fraction of sp³-hybridized carbons (Fsp3) is 0.360. The molecule has 0 aliphatic heterocycles. The quantitative estimate of drug-likeness (QED) is 0.433. The van der Waals surface area contributed by atoms with E-state index >= 15 is 0 Å². The molecule has 6 rings (SSSR count). The van der Waals surface area contributed by atoms with Gasteiger partial charge in [0.1, 0.15) is 11.6 Å². The second-order valence-electron chi connectivity index (χ2n) is 8.78. The van der Waals surface area contributed by atoms with Crippen LogP contribution in [-0.2, 0) is 0 Å². The van der Waals surface area contributed by atoms with E-state index in [9.17, 15) is 4.39 Å². The molecule has 29 heavy (non-hydrogen) atoms. The minimum Gasteiger partial charge on any atom is -0.342 e. The normalized spacial score (nSPS) is 22.4. The van der Waals surface area contributed by atoms with E-state index in [2.05, 4.69) is 34.2 Å². The second kappa shape index (κ2) is 6.65. The molecule has 0 bridgehead atoms. The van der Waals surface area contributed by atoms with Gasteiger partial charge in [0, 0.05) is 17.5 Å². The lowest BCUT2D eigenvalue weighted by Gasteiger charge is -2.28. The summed E-state index contributed by atoms with van der Waals surface area (Å²) in [6.45, 7) is 0. The Hall–Kier alpha value is -2.75. The molecule has 146 valence electrons. The molecule has 1 N–H and O–H groups in total. The summed E-state index contributed by atoms with van der Waals surface area (Å²) in [6, 6.07) is 13.7. The number of imidazole rings is 1. The van der Waals surface area contributed by atoms with Crippen molar-refractivity contribution in [1.29, 1.82) is 0 Å². The number of rotatable bonds is 3. The lowest BCUT2D eigenvalue weighted by atomic mass is 9.77. The highest BCUT2D eigenvalue weighted by molar-refractivity contribution is 5.82. The van der Waals surface area contributed by atoms with Gasteiger partial charge in [-0.3, -0.25) is 4.98 Å². The SMILES string of the molecule is Fc1ccc2nccc([C@H]3CC[C@@H](c4nc5cc(C6CC6)ccc5[nH]4)CC3)c2c1. The van der Waals surface area contributed by atoms with Gasteiger partial charge in [-0.05, 0) is 97.9 Å². The van der Waals surface area contributed by atoms with E-state index in [0.29, 0.717) is 11.8 Å². The predicted molar refractivity (Wildman–Crippen MR) is 114 cm³/mol. The van der Waals surface area contributed by atoms with Crippen molar-refractivity contribution in [3.8, 4) is 0 Å². The molecule has 0 amide bonds. The first-order chi connectivity index (χ1) is 14.2. The van der Waals surface area contributed by atoms with Gasteiger partial charge in [-0.15, -0.1) is 0 Å². The Morgan fingerprint density at radius 2 is 1.59 bits per heavy atom. The Labute approximate surface area is 169 Å². The third kappa shape index (κ3) is 3.11. The smallest absolute Gasteiger partial charge is 0.123 e. The summed E-state index contributed by atoms with van der Waals surface area (Å²) in [5.74, 6) is 2.65. The van der Waals surface area contributed by atoms with Crippen molar-refractivity contribution in [3.63, 3.8) is 0 Å². The van der Waals surface area contributed by atoms with Gasteiger partial charge in [0.15, 0.2) is 0 Å².